The van der Waals surface area contributed by atoms with Crippen LogP contribution >= 0.6 is 0 Å². The highest BCUT2D eigenvalue weighted by Gasteiger charge is 2.36. The summed E-state index contributed by atoms with van der Waals surface area (Å²) in [5.41, 5.74) is 3.47. The molecule has 2 aliphatic heterocycles. The molecule has 0 saturated heterocycles. The number of fused-ring (bicyclic) bond motifs is 4. The van der Waals surface area contributed by atoms with Gasteiger partial charge in [0.05, 0.1) is 16.7 Å². The normalized spacial score (nSPS) is 15.5. The van der Waals surface area contributed by atoms with E-state index < -0.39 is 0 Å². The predicted molar refractivity (Wildman–Crippen MR) is 119 cm³/mol. The number of hydrogen-bond acceptors (Lipinski definition) is 4. The molecular weight excluding hydrogens is 396 g/mol. The number of rotatable bonds is 3. The summed E-state index contributed by atoms with van der Waals surface area (Å²) in [5.74, 6) is 0.361. The van der Waals surface area contributed by atoms with Crippen molar-refractivity contribution in [1.29, 1.82) is 0 Å². The molecular formula is C22H22N6O3. The number of carbonyl (C=O) groups is 2. The summed E-state index contributed by atoms with van der Waals surface area (Å²) < 4.78 is 3.09. The Labute approximate surface area is 178 Å². The number of imidazole rings is 1. The first-order valence-electron chi connectivity index (χ1n) is 10.1. The Hall–Kier alpha value is -3.88. The van der Waals surface area contributed by atoms with Gasteiger partial charge < -0.3 is 5.32 Å². The maximum Gasteiger partial charge on any atom is 0.330 e. The van der Waals surface area contributed by atoms with E-state index >= 15 is 0 Å². The molecule has 2 aliphatic rings. The zero-order valence-electron chi connectivity index (χ0n) is 17.3. The lowest BCUT2D eigenvalue weighted by Gasteiger charge is -2.39. The number of aliphatic imine (C=N–C) groups is 1. The average Bonchev–Trinajstić information content (AvgIpc) is 3.00. The Morgan fingerprint density at radius 1 is 1.06 bits per heavy atom. The van der Waals surface area contributed by atoms with E-state index in [1.807, 2.05) is 24.3 Å². The van der Waals surface area contributed by atoms with Crippen molar-refractivity contribution in [2.75, 3.05) is 29.9 Å². The first-order valence-corrected chi connectivity index (χ1v) is 10.1. The van der Waals surface area contributed by atoms with Crippen molar-refractivity contribution in [3.05, 3.63) is 58.5 Å². The highest BCUT2D eigenvalue weighted by atomic mass is 16.2. The standard InChI is InChI=1S/C22H22N6O3/c1-25-17-9-8-14(12-18(17)26(2)21(25)30)24-19(29)13-28-16-7-4-3-6-15(16)20-23-10-5-11-27(20)22(28)31/h3-4,6-9,12H,5,10-11,13H2,1-2H3,(H,24,29). The molecule has 2 aromatic carbocycles. The lowest BCUT2D eigenvalue weighted by atomic mass is 10.1. The van der Waals surface area contributed by atoms with Gasteiger partial charge in [0.25, 0.3) is 0 Å². The van der Waals surface area contributed by atoms with Crippen molar-refractivity contribution >= 4 is 40.2 Å². The Morgan fingerprint density at radius 2 is 1.84 bits per heavy atom. The quantitative estimate of drug-likeness (QED) is 0.704. The van der Waals surface area contributed by atoms with Crippen molar-refractivity contribution in [3.8, 4) is 0 Å². The van der Waals surface area contributed by atoms with Gasteiger partial charge in [-0.25, -0.2) is 9.59 Å². The van der Waals surface area contributed by atoms with E-state index in [-0.39, 0.29) is 24.2 Å². The SMILES string of the molecule is Cn1c(=O)n(C)c2cc(NC(=O)CN3C(=O)N4CCCN=C4c4ccccc43)ccc21. The minimum atomic E-state index is -0.319. The highest BCUT2D eigenvalue weighted by Crippen LogP contribution is 2.30. The molecule has 0 saturated carbocycles. The fourth-order valence-corrected chi connectivity index (χ4v) is 4.25. The largest absolute Gasteiger partial charge is 0.330 e. The second-order valence-electron chi connectivity index (χ2n) is 7.75. The third-order valence-corrected chi connectivity index (χ3v) is 5.81. The third kappa shape index (κ3) is 3.00. The Morgan fingerprint density at radius 3 is 2.68 bits per heavy atom. The number of amidine groups is 1. The van der Waals surface area contributed by atoms with Crippen LogP contribution in [0.1, 0.15) is 12.0 Å². The zero-order chi connectivity index (χ0) is 21.7. The van der Waals surface area contributed by atoms with Crippen LogP contribution in [0.3, 0.4) is 0 Å². The average molecular weight is 418 g/mol. The van der Waals surface area contributed by atoms with Gasteiger partial charge in [0.2, 0.25) is 5.91 Å². The van der Waals surface area contributed by atoms with Crippen LogP contribution < -0.4 is 15.9 Å². The first kappa shape index (κ1) is 19.1. The molecule has 158 valence electrons. The Bertz CT molecular complexity index is 1320. The number of hydrogen-bond donors (Lipinski definition) is 1. The van der Waals surface area contributed by atoms with Crippen LogP contribution in [0.2, 0.25) is 0 Å². The van der Waals surface area contributed by atoms with Crippen molar-refractivity contribution < 1.29 is 9.59 Å². The summed E-state index contributed by atoms with van der Waals surface area (Å²) in [5, 5.41) is 2.85. The summed E-state index contributed by atoms with van der Waals surface area (Å²) in [6.07, 6.45) is 0.799. The van der Waals surface area contributed by atoms with Gasteiger partial charge in [-0.1, -0.05) is 12.1 Å². The van der Waals surface area contributed by atoms with E-state index in [9.17, 15) is 14.4 Å². The topological polar surface area (TPSA) is 91.9 Å². The maximum atomic E-state index is 13.1. The molecule has 3 heterocycles. The fraction of sp³-hybridized carbons (Fsp3) is 0.273. The number of anilines is 2. The van der Waals surface area contributed by atoms with Gasteiger partial charge in [-0.3, -0.25) is 28.7 Å². The smallest absolute Gasteiger partial charge is 0.324 e. The van der Waals surface area contributed by atoms with Crippen LogP contribution in [0.15, 0.2) is 52.3 Å². The number of aryl methyl sites for hydroxylation is 2. The third-order valence-electron chi connectivity index (χ3n) is 5.81. The van der Waals surface area contributed by atoms with E-state index in [2.05, 4.69) is 10.3 Å². The van der Waals surface area contributed by atoms with Gasteiger partial charge in [-0.2, -0.15) is 0 Å². The van der Waals surface area contributed by atoms with Gasteiger partial charge >= 0.3 is 11.7 Å². The van der Waals surface area contributed by atoms with Crippen molar-refractivity contribution in [3.63, 3.8) is 0 Å². The Balaban J connectivity index is 1.43. The number of para-hydroxylation sites is 1. The second kappa shape index (κ2) is 7.12. The molecule has 5 rings (SSSR count). The molecule has 0 unspecified atom stereocenters. The number of benzene rings is 2. The molecule has 3 aromatic rings. The minimum absolute atomic E-state index is 0.120. The Kier molecular flexibility index (Phi) is 4.39. The van der Waals surface area contributed by atoms with Crippen LogP contribution in [0.5, 0.6) is 0 Å². The van der Waals surface area contributed by atoms with Gasteiger partial charge in [0.1, 0.15) is 12.4 Å². The van der Waals surface area contributed by atoms with Crippen LogP contribution in [-0.4, -0.2) is 51.4 Å². The summed E-state index contributed by atoms with van der Waals surface area (Å²) in [6.45, 7) is 1.16. The summed E-state index contributed by atoms with van der Waals surface area (Å²) in [4.78, 5) is 45.8. The van der Waals surface area contributed by atoms with E-state index in [1.165, 1.54) is 9.47 Å². The monoisotopic (exact) mass is 418 g/mol. The fourth-order valence-electron chi connectivity index (χ4n) is 4.25. The maximum absolute atomic E-state index is 13.1. The predicted octanol–water partition coefficient (Wildman–Crippen LogP) is 1.91. The number of nitrogens with one attached hydrogen (secondary N) is 1. The molecule has 0 fully saturated rings. The van der Waals surface area contributed by atoms with Crippen LogP contribution in [0.4, 0.5) is 16.2 Å². The summed E-state index contributed by atoms with van der Waals surface area (Å²) >= 11 is 0. The number of aromatic nitrogens is 2. The van der Waals surface area contributed by atoms with E-state index in [0.717, 1.165) is 23.0 Å². The number of urea groups is 1. The van der Waals surface area contributed by atoms with Gasteiger partial charge in [-0.15, -0.1) is 0 Å². The summed E-state index contributed by atoms with van der Waals surface area (Å²) in [6, 6.07) is 12.6. The molecule has 9 heteroatoms. The van der Waals surface area contributed by atoms with Crippen molar-refractivity contribution in [2.45, 2.75) is 6.42 Å². The first-order chi connectivity index (χ1) is 15.0. The summed E-state index contributed by atoms with van der Waals surface area (Å²) in [7, 11) is 3.40. The van der Waals surface area contributed by atoms with E-state index in [4.69, 9.17) is 0 Å². The van der Waals surface area contributed by atoms with Gasteiger partial charge in [-0.05, 0) is 36.8 Å². The molecule has 3 amide bonds. The second-order valence-corrected chi connectivity index (χ2v) is 7.75. The van der Waals surface area contributed by atoms with Crippen LogP contribution in [0, 0.1) is 0 Å². The molecule has 9 nitrogen and oxygen atoms in total. The van der Waals surface area contributed by atoms with E-state index in [0.29, 0.717) is 30.3 Å². The lowest BCUT2D eigenvalue weighted by Crippen LogP contribution is -2.54. The minimum Gasteiger partial charge on any atom is -0.324 e. The highest BCUT2D eigenvalue weighted by molar-refractivity contribution is 6.20. The van der Waals surface area contributed by atoms with Crippen LogP contribution in [-0.2, 0) is 18.9 Å². The molecule has 0 atom stereocenters. The molecule has 1 N–H and O–H groups in total. The molecule has 31 heavy (non-hydrogen) atoms. The van der Waals surface area contributed by atoms with Crippen LogP contribution in [0.25, 0.3) is 11.0 Å². The van der Waals surface area contributed by atoms with Gasteiger partial charge in [0, 0.05) is 38.4 Å². The lowest BCUT2D eigenvalue weighted by molar-refractivity contribution is -0.114. The zero-order valence-corrected chi connectivity index (χ0v) is 17.3. The molecule has 0 aliphatic carbocycles. The van der Waals surface area contributed by atoms with Crippen molar-refractivity contribution in [2.24, 2.45) is 19.1 Å². The van der Waals surface area contributed by atoms with Gasteiger partial charge in [0.15, 0.2) is 0 Å². The molecule has 0 spiro atoms. The number of amides is 3. The van der Waals surface area contributed by atoms with Crippen molar-refractivity contribution in [1.82, 2.24) is 14.0 Å². The number of nitrogens with zero attached hydrogens (tertiary/aromatic N) is 5. The molecule has 0 bridgehead atoms. The number of carbonyl (C=O) groups excluding carboxylic acids is 2. The molecule has 1 aromatic heterocycles. The molecule has 0 radical (unpaired) electrons. The van der Waals surface area contributed by atoms with E-state index in [1.54, 1.807) is 41.8 Å².